The molecule has 0 aliphatic carbocycles. The van der Waals surface area contributed by atoms with Crippen molar-refractivity contribution in [3.63, 3.8) is 0 Å². The molecule has 2 aliphatic heterocycles. The van der Waals surface area contributed by atoms with Gasteiger partial charge in [0.25, 0.3) is 5.91 Å². The molecule has 2 N–H and O–H groups in total. The Balaban J connectivity index is 0.00000156. The number of nitrogens with two attached hydrogens (primary N) is 1. The van der Waals surface area contributed by atoms with Crippen molar-refractivity contribution in [2.75, 3.05) is 32.9 Å². The Morgan fingerprint density at radius 3 is 2.51 bits per heavy atom. The molecule has 5 heterocycles. The Hall–Kier alpha value is -3.78. The van der Waals surface area contributed by atoms with Crippen LogP contribution < -0.4 is 5.73 Å². The molecule has 0 aromatic carbocycles. The molecular formula is C29H37N7O. The van der Waals surface area contributed by atoms with Crippen LogP contribution in [0.25, 0.3) is 22.2 Å². The van der Waals surface area contributed by atoms with E-state index in [2.05, 4.69) is 43.6 Å². The highest BCUT2D eigenvalue weighted by molar-refractivity contribution is 6.39. The third-order valence-electron chi connectivity index (χ3n) is 6.88. The van der Waals surface area contributed by atoms with Gasteiger partial charge in [0.05, 0.1) is 0 Å². The number of hydrogen-bond donors (Lipinski definition) is 1. The zero-order chi connectivity index (χ0) is 26.5. The minimum absolute atomic E-state index is 0.00404. The normalized spacial score (nSPS) is 15.9. The van der Waals surface area contributed by atoms with Crippen LogP contribution in [0.5, 0.6) is 0 Å². The first kappa shape index (κ1) is 26.3. The van der Waals surface area contributed by atoms with Crippen molar-refractivity contribution in [1.29, 1.82) is 0 Å². The second-order valence-corrected chi connectivity index (χ2v) is 9.41. The van der Waals surface area contributed by atoms with Crippen molar-refractivity contribution in [2.45, 2.75) is 39.7 Å². The van der Waals surface area contributed by atoms with Crippen LogP contribution in [0.1, 0.15) is 38.8 Å². The number of nitrogen functional groups attached to an aromatic ring is 1. The fraction of sp³-hybridized carbons (Fsp3) is 0.379. The quantitative estimate of drug-likeness (QED) is 0.555. The van der Waals surface area contributed by atoms with E-state index in [4.69, 9.17) is 5.73 Å². The van der Waals surface area contributed by atoms with Crippen LogP contribution in [0.3, 0.4) is 0 Å². The molecule has 2 aliphatic rings. The standard InChI is InChI=1S/C27H31N7O.C2H6/c1-32(2)27(35)24-6-4-19(15-30-24)18-9-12-34(13-10-18)17-21-14-23-22(8-11-29-26(23)33(21)3)20-5-7-25(28)31-16-20;1-2/h5,7-9,11,14-16H,4,6,10,12-13,17H2,1-3H3,(H2,28,31);1-2H3. The highest BCUT2D eigenvalue weighted by Gasteiger charge is 2.21. The monoisotopic (exact) mass is 499 g/mol. The van der Waals surface area contributed by atoms with Gasteiger partial charge in [-0.05, 0) is 60.2 Å². The second kappa shape index (κ2) is 11.5. The Labute approximate surface area is 219 Å². The molecule has 0 radical (unpaired) electrons. The number of amides is 1. The lowest BCUT2D eigenvalue weighted by Crippen LogP contribution is -2.31. The van der Waals surface area contributed by atoms with Gasteiger partial charge in [0, 0.05) is 76.0 Å². The van der Waals surface area contributed by atoms with E-state index < -0.39 is 0 Å². The average molecular weight is 500 g/mol. The van der Waals surface area contributed by atoms with E-state index in [9.17, 15) is 4.79 Å². The number of pyridine rings is 2. The molecule has 3 aromatic rings. The summed E-state index contributed by atoms with van der Waals surface area (Å²) in [6, 6.07) is 8.11. The highest BCUT2D eigenvalue weighted by Crippen LogP contribution is 2.31. The lowest BCUT2D eigenvalue weighted by atomic mass is 9.93. The number of nitrogens with zero attached hydrogens (tertiary/aromatic N) is 6. The summed E-state index contributed by atoms with van der Waals surface area (Å²) in [7, 11) is 5.62. The Morgan fingerprint density at radius 2 is 1.89 bits per heavy atom. The molecule has 0 saturated carbocycles. The van der Waals surface area contributed by atoms with E-state index in [1.807, 2.05) is 50.6 Å². The summed E-state index contributed by atoms with van der Waals surface area (Å²) in [6.07, 6.45) is 10.5. The molecule has 0 spiro atoms. The molecule has 0 saturated heterocycles. The van der Waals surface area contributed by atoms with Crippen LogP contribution in [-0.2, 0) is 18.4 Å². The topological polar surface area (TPSA) is 92.6 Å². The van der Waals surface area contributed by atoms with Gasteiger partial charge in [-0.15, -0.1) is 0 Å². The first-order valence-electron chi connectivity index (χ1n) is 12.9. The minimum Gasteiger partial charge on any atom is -0.384 e. The Kier molecular flexibility index (Phi) is 8.18. The van der Waals surface area contributed by atoms with Gasteiger partial charge in [-0.25, -0.2) is 9.97 Å². The molecule has 37 heavy (non-hydrogen) atoms. The van der Waals surface area contributed by atoms with E-state index in [1.165, 1.54) is 16.8 Å². The van der Waals surface area contributed by atoms with Crippen molar-refractivity contribution in [1.82, 2.24) is 24.3 Å². The van der Waals surface area contributed by atoms with E-state index >= 15 is 0 Å². The number of hydrogen-bond acceptors (Lipinski definition) is 6. The number of carbonyl (C=O) groups excluding carboxylic acids is 1. The molecule has 3 aromatic heterocycles. The van der Waals surface area contributed by atoms with Crippen LogP contribution in [0.2, 0.25) is 0 Å². The molecular weight excluding hydrogens is 462 g/mol. The van der Waals surface area contributed by atoms with Crippen LogP contribution in [-0.4, -0.2) is 63.1 Å². The molecule has 8 heteroatoms. The maximum Gasteiger partial charge on any atom is 0.267 e. The fourth-order valence-corrected chi connectivity index (χ4v) is 4.82. The number of anilines is 1. The predicted molar refractivity (Wildman–Crippen MR) is 151 cm³/mol. The number of fused-ring (bicyclic) bond motifs is 1. The van der Waals surface area contributed by atoms with Gasteiger partial charge in [-0.3, -0.25) is 14.7 Å². The van der Waals surface area contributed by atoms with Crippen LogP contribution in [0, 0.1) is 0 Å². The summed E-state index contributed by atoms with van der Waals surface area (Å²) in [5, 5.41) is 1.12. The SMILES string of the molecule is CC.CN(C)C(=O)C1=NC=C(C2=CCN(Cc3cc4c(-c5ccc(N)nc5)ccnc4n3C)CC2)CC1. The molecule has 0 atom stereocenters. The molecule has 194 valence electrons. The average Bonchev–Trinajstić information content (AvgIpc) is 3.25. The van der Waals surface area contributed by atoms with Crippen LogP contribution in [0.15, 0.2) is 65.1 Å². The van der Waals surface area contributed by atoms with Gasteiger partial charge < -0.3 is 15.2 Å². The number of aliphatic imine (C=N–C) groups is 1. The predicted octanol–water partition coefficient (Wildman–Crippen LogP) is 4.58. The Bertz CT molecular complexity index is 1360. The third kappa shape index (κ3) is 5.64. The van der Waals surface area contributed by atoms with Gasteiger partial charge in [-0.1, -0.05) is 19.9 Å². The van der Waals surface area contributed by atoms with E-state index in [1.54, 1.807) is 19.0 Å². The molecule has 0 unspecified atom stereocenters. The molecule has 0 bridgehead atoms. The molecule has 8 nitrogen and oxygen atoms in total. The molecule has 5 rings (SSSR count). The highest BCUT2D eigenvalue weighted by atomic mass is 16.2. The summed E-state index contributed by atoms with van der Waals surface area (Å²) < 4.78 is 2.18. The first-order valence-corrected chi connectivity index (χ1v) is 12.9. The second-order valence-electron chi connectivity index (χ2n) is 9.41. The van der Waals surface area contributed by atoms with Crippen molar-refractivity contribution in [3.05, 3.63) is 65.8 Å². The number of allylic oxidation sites excluding steroid dienone is 1. The maximum atomic E-state index is 12.1. The largest absolute Gasteiger partial charge is 0.384 e. The molecule has 1 amide bonds. The Morgan fingerprint density at radius 1 is 1.08 bits per heavy atom. The number of carbonyl (C=O) groups is 1. The van der Waals surface area contributed by atoms with Crippen molar-refractivity contribution < 1.29 is 4.79 Å². The maximum absolute atomic E-state index is 12.1. The minimum atomic E-state index is 0.00404. The first-order chi connectivity index (χ1) is 17.9. The van der Waals surface area contributed by atoms with E-state index in [0.29, 0.717) is 18.0 Å². The smallest absolute Gasteiger partial charge is 0.267 e. The van der Waals surface area contributed by atoms with Crippen molar-refractivity contribution in [3.8, 4) is 11.1 Å². The van der Waals surface area contributed by atoms with Gasteiger partial charge in [0.15, 0.2) is 0 Å². The van der Waals surface area contributed by atoms with Gasteiger partial charge in [-0.2, -0.15) is 0 Å². The summed E-state index contributed by atoms with van der Waals surface area (Å²) in [4.78, 5) is 29.5. The summed E-state index contributed by atoms with van der Waals surface area (Å²) in [5.41, 5.74) is 13.4. The number of rotatable bonds is 5. The van der Waals surface area contributed by atoms with Gasteiger partial charge >= 0.3 is 0 Å². The van der Waals surface area contributed by atoms with Crippen LogP contribution in [0.4, 0.5) is 5.82 Å². The summed E-state index contributed by atoms with van der Waals surface area (Å²) >= 11 is 0. The lowest BCUT2D eigenvalue weighted by molar-refractivity contribution is -0.121. The van der Waals surface area contributed by atoms with Gasteiger partial charge in [0.2, 0.25) is 0 Å². The zero-order valence-electron chi connectivity index (χ0n) is 22.5. The lowest BCUT2D eigenvalue weighted by Gasteiger charge is -2.28. The molecule has 0 fully saturated rings. The fourth-order valence-electron chi connectivity index (χ4n) is 4.82. The zero-order valence-corrected chi connectivity index (χ0v) is 22.5. The number of aryl methyl sites for hydroxylation is 1. The van der Waals surface area contributed by atoms with Gasteiger partial charge in [0.1, 0.15) is 17.2 Å². The van der Waals surface area contributed by atoms with E-state index in [0.717, 1.165) is 54.6 Å². The van der Waals surface area contributed by atoms with Crippen molar-refractivity contribution >= 4 is 28.5 Å². The number of aromatic nitrogens is 3. The summed E-state index contributed by atoms with van der Waals surface area (Å²) in [6.45, 7) is 6.73. The van der Waals surface area contributed by atoms with E-state index in [-0.39, 0.29) is 5.91 Å². The third-order valence-corrected chi connectivity index (χ3v) is 6.88. The van der Waals surface area contributed by atoms with Crippen LogP contribution >= 0.6 is 0 Å². The van der Waals surface area contributed by atoms with Crippen molar-refractivity contribution in [2.24, 2.45) is 12.0 Å². The summed E-state index contributed by atoms with van der Waals surface area (Å²) in [5.74, 6) is 0.521.